The highest BCUT2D eigenvalue weighted by Crippen LogP contribution is 2.29. The maximum atomic E-state index is 13.6. The van der Waals surface area contributed by atoms with Gasteiger partial charge in [0.25, 0.3) is 5.92 Å². The average Bonchev–Trinajstić information content (AvgIpc) is 2.65. The number of alkyl halides is 5. The molecule has 0 aliphatic rings. The Morgan fingerprint density at radius 2 is 1.38 bits per heavy atom. The molecular weight excluding hydrogens is 435 g/mol. The molecule has 0 fully saturated rings. The zero-order valence-corrected chi connectivity index (χ0v) is 17.5. The summed E-state index contributed by atoms with van der Waals surface area (Å²) in [6.45, 7) is 6.17. The normalized spacial score (nSPS) is 12.5. The van der Waals surface area contributed by atoms with Crippen molar-refractivity contribution in [2.75, 3.05) is 10.6 Å². The average molecular weight is 454 g/mol. The predicted octanol–water partition coefficient (Wildman–Crippen LogP) is 4.81. The Morgan fingerprint density at radius 3 is 2.00 bits per heavy atom. The van der Waals surface area contributed by atoms with Gasteiger partial charge in [0.05, 0.1) is 0 Å². The molecule has 0 amide bonds. The van der Waals surface area contributed by atoms with E-state index in [-0.39, 0.29) is 29.2 Å². The van der Waals surface area contributed by atoms with E-state index in [9.17, 15) is 22.0 Å². The summed E-state index contributed by atoms with van der Waals surface area (Å²) in [7, 11) is 0. The van der Waals surface area contributed by atoms with Crippen molar-refractivity contribution < 1.29 is 22.0 Å². The molecule has 0 saturated heterocycles. The molecule has 0 bridgehead atoms. The molecule has 0 spiro atoms. The Labute approximate surface area is 179 Å². The lowest BCUT2D eigenvalue weighted by molar-refractivity contribution is -0.141. The van der Waals surface area contributed by atoms with Gasteiger partial charge in [0.2, 0.25) is 17.7 Å². The van der Waals surface area contributed by atoms with Crippen molar-refractivity contribution >= 4 is 17.6 Å². The largest absolute Gasteiger partial charge is 0.433 e. The minimum atomic E-state index is -4.68. The van der Waals surface area contributed by atoms with E-state index in [0.29, 0.717) is 6.92 Å². The second-order valence-corrected chi connectivity index (χ2v) is 7.89. The second-order valence-electron chi connectivity index (χ2n) is 7.89. The van der Waals surface area contributed by atoms with E-state index >= 15 is 0 Å². The van der Waals surface area contributed by atoms with Crippen molar-refractivity contribution in [1.29, 1.82) is 0 Å². The molecule has 170 valence electrons. The van der Waals surface area contributed by atoms with Gasteiger partial charge in [-0.3, -0.25) is 4.98 Å². The Kier molecular flexibility index (Phi) is 5.94. The van der Waals surface area contributed by atoms with Gasteiger partial charge in [0.15, 0.2) is 5.82 Å². The summed E-state index contributed by atoms with van der Waals surface area (Å²) >= 11 is 0. The summed E-state index contributed by atoms with van der Waals surface area (Å²) in [6, 6.07) is 3.25. The van der Waals surface area contributed by atoms with Gasteiger partial charge in [-0.1, -0.05) is 0 Å². The molecule has 0 aromatic carbocycles. The standard InChI is InChI=1S/C19H19F5N8/c1-17(2,3)32-16-30-14(13-26-8-6-11(28-13)19(22,23)24)29-15(31-16)27-10-5-7-25-12(9-10)18(4,20)21/h5-9H,1-4H3,(H2,25,27,29,30,31,32). The van der Waals surface area contributed by atoms with Gasteiger partial charge in [-0.05, 0) is 39.0 Å². The van der Waals surface area contributed by atoms with Gasteiger partial charge in [-0.25, -0.2) is 9.97 Å². The summed E-state index contributed by atoms with van der Waals surface area (Å²) in [5.74, 6) is -3.87. The Balaban J connectivity index is 2.05. The molecule has 8 nitrogen and oxygen atoms in total. The number of halogens is 5. The van der Waals surface area contributed by atoms with Crippen LogP contribution in [0.25, 0.3) is 11.6 Å². The van der Waals surface area contributed by atoms with Crippen molar-refractivity contribution in [2.45, 2.75) is 45.3 Å². The van der Waals surface area contributed by atoms with Crippen LogP contribution >= 0.6 is 0 Å². The highest BCUT2D eigenvalue weighted by Gasteiger charge is 2.33. The van der Waals surface area contributed by atoms with Gasteiger partial charge >= 0.3 is 6.18 Å². The molecule has 3 aromatic heterocycles. The monoisotopic (exact) mass is 454 g/mol. The maximum Gasteiger partial charge on any atom is 0.433 e. The number of hydrogen-bond donors (Lipinski definition) is 2. The third-order valence-electron chi connectivity index (χ3n) is 3.73. The second kappa shape index (κ2) is 8.20. The van der Waals surface area contributed by atoms with Crippen LogP contribution < -0.4 is 10.6 Å². The minimum Gasteiger partial charge on any atom is -0.349 e. The van der Waals surface area contributed by atoms with Crippen molar-refractivity contribution in [3.05, 3.63) is 42.0 Å². The summed E-state index contributed by atoms with van der Waals surface area (Å²) in [5.41, 5.74) is -1.95. The molecule has 3 aromatic rings. The Morgan fingerprint density at radius 1 is 0.719 bits per heavy atom. The quantitative estimate of drug-likeness (QED) is 0.530. The van der Waals surface area contributed by atoms with E-state index in [1.54, 1.807) is 0 Å². The SMILES string of the molecule is CC(C)(C)Nc1nc(Nc2ccnc(C(C)(F)F)c2)nc(-c2nccc(C(F)(F)F)n2)n1. The van der Waals surface area contributed by atoms with Gasteiger partial charge in [0, 0.05) is 30.5 Å². The summed E-state index contributed by atoms with van der Waals surface area (Å²) in [6.07, 6.45) is -2.56. The first-order chi connectivity index (χ1) is 14.7. The fourth-order valence-electron chi connectivity index (χ4n) is 2.42. The highest BCUT2D eigenvalue weighted by molar-refractivity contribution is 5.57. The topological polar surface area (TPSA) is 101 Å². The molecule has 2 N–H and O–H groups in total. The Hall–Kier alpha value is -3.51. The van der Waals surface area contributed by atoms with E-state index in [2.05, 4.69) is 40.5 Å². The third kappa shape index (κ3) is 6.02. The highest BCUT2D eigenvalue weighted by atomic mass is 19.4. The van der Waals surface area contributed by atoms with Gasteiger partial charge in [0.1, 0.15) is 11.4 Å². The number of nitrogens with zero attached hydrogens (tertiary/aromatic N) is 6. The first-order valence-electron chi connectivity index (χ1n) is 9.27. The maximum absolute atomic E-state index is 13.6. The number of pyridine rings is 1. The van der Waals surface area contributed by atoms with E-state index in [1.165, 1.54) is 12.3 Å². The summed E-state index contributed by atoms with van der Waals surface area (Å²) in [4.78, 5) is 23.3. The van der Waals surface area contributed by atoms with Crippen LogP contribution in [-0.4, -0.2) is 35.4 Å². The lowest BCUT2D eigenvalue weighted by atomic mass is 10.1. The van der Waals surface area contributed by atoms with Crippen LogP contribution in [0.1, 0.15) is 39.1 Å². The van der Waals surface area contributed by atoms with Crippen molar-refractivity contribution in [2.24, 2.45) is 0 Å². The molecule has 13 heteroatoms. The van der Waals surface area contributed by atoms with E-state index in [1.807, 2.05) is 20.8 Å². The first kappa shape index (κ1) is 23.2. The van der Waals surface area contributed by atoms with Crippen LogP contribution in [0.4, 0.5) is 39.5 Å². The summed E-state index contributed by atoms with van der Waals surface area (Å²) < 4.78 is 66.3. The molecule has 0 atom stereocenters. The minimum absolute atomic E-state index is 0.0288. The van der Waals surface area contributed by atoms with Gasteiger partial charge in [-0.2, -0.15) is 36.9 Å². The van der Waals surface area contributed by atoms with Gasteiger partial charge in [-0.15, -0.1) is 0 Å². The van der Waals surface area contributed by atoms with Crippen molar-refractivity contribution in [3.8, 4) is 11.6 Å². The molecule has 32 heavy (non-hydrogen) atoms. The number of nitrogens with one attached hydrogen (secondary N) is 2. The van der Waals surface area contributed by atoms with Crippen LogP contribution in [0.5, 0.6) is 0 Å². The molecule has 0 saturated carbocycles. The predicted molar refractivity (Wildman–Crippen MR) is 106 cm³/mol. The lowest BCUT2D eigenvalue weighted by Gasteiger charge is -2.21. The van der Waals surface area contributed by atoms with E-state index in [4.69, 9.17) is 0 Å². The zero-order chi connectivity index (χ0) is 23.7. The van der Waals surface area contributed by atoms with Crippen LogP contribution in [0, 0.1) is 0 Å². The molecule has 0 unspecified atom stereocenters. The fraction of sp³-hybridized carbons (Fsp3) is 0.368. The Bertz CT molecular complexity index is 1110. The number of rotatable bonds is 5. The molecule has 3 heterocycles. The fourth-order valence-corrected chi connectivity index (χ4v) is 2.42. The number of aromatic nitrogens is 6. The summed E-state index contributed by atoms with van der Waals surface area (Å²) in [5, 5.41) is 5.73. The molecule has 0 aliphatic heterocycles. The van der Waals surface area contributed by atoms with E-state index in [0.717, 1.165) is 18.3 Å². The van der Waals surface area contributed by atoms with Crippen molar-refractivity contribution in [1.82, 2.24) is 29.9 Å². The number of hydrogen-bond acceptors (Lipinski definition) is 8. The van der Waals surface area contributed by atoms with Crippen LogP contribution in [0.2, 0.25) is 0 Å². The van der Waals surface area contributed by atoms with Gasteiger partial charge < -0.3 is 10.6 Å². The third-order valence-corrected chi connectivity index (χ3v) is 3.73. The number of anilines is 3. The molecule has 0 radical (unpaired) electrons. The molecular formula is C19H19F5N8. The van der Waals surface area contributed by atoms with Crippen LogP contribution in [0.3, 0.4) is 0 Å². The van der Waals surface area contributed by atoms with Crippen molar-refractivity contribution in [3.63, 3.8) is 0 Å². The first-order valence-corrected chi connectivity index (χ1v) is 9.27. The van der Waals surface area contributed by atoms with E-state index < -0.39 is 29.0 Å². The van der Waals surface area contributed by atoms with Crippen LogP contribution in [-0.2, 0) is 12.1 Å². The smallest absolute Gasteiger partial charge is 0.349 e. The zero-order valence-electron chi connectivity index (χ0n) is 17.5. The lowest BCUT2D eigenvalue weighted by Crippen LogP contribution is -2.27. The van der Waals surface area contributed by atoms with Crippen LogP contribution in [0.15, 0.2) is 30.6 Å². The molecule has 3 rings (SSSR count). The molecule has 0 aliphatic carbocycles.